The van der Waals surface area contributed by atoms with Crippen LogP contribution < -0.4 is 4.74 Å². The summed E-state index contributed by atoms with van der Waals surface area (Å²) in [7, 11) is 0. The molecule has 17 heavy (non-hydrogen) atoms. The van der Waals surface area contributed by atoms with E-state index in [1.807, 2.05) is 54.6 Å². The van der Waals surface area contributed by atoms with Crippen molar-refractivity contribution < 1.29 is 9.53 Å². The van der Waals surface area contributed by atoms with Crippen LogP contribution in [0.1, 0.15) is 11.1 Å². The van der Waals surface area contributed by atoms with Crippen LogP contribution in [0.3, 0.4) is 0 Å². The van der Waals surface area contributed by atoms with Gasteiger partial charge in [-0.05, 0) is 29.8 Å². The van der Waals surface area contributed by atoms with Gasteiger partial charge in [-0.2, -0.15) is 0 Å². The van der Waals surface area contributed by atoms with Crippen LogP contribution in [0.15, 0.2) is 54.6 Å². The molecule has 0 unspecified atom stereocenters. The van der Waals surface area contributed by atoms with Crippen molar-refractivity contribution >= 4 is 6.21 Å². The van der Waals surface area contributed by atoms with E-state index in [2.05, 4.69) is 4.79 Å². The van der Waals surface area contributed by atoms with E-state index in [4.69, 9.17) is 10.3 Å². The van der Waals surface area contributed by atoms with Crippen LogP contribution in [-0.4, -0.2) is 11.0 Å². The lowest BCUT2D eigenvalue weighted by molar-refractivity contribution is -0.111. The molecule has 0 saturated heterocycles. The van der Waals surface area contributed by atoms with E-state index < -0.39 is 0 Å². The monoisotopic (exact) mass is 225 g/mol. The van der Waals surface area contributed by atoms with Crippen molar-refractivity contribution in [2.75, 3.05) is 0 Å². The number of hydrogen-bond acceptors (Lipinski definition) is 2. The van der Waals surface area contributed by atoms with Gasteiger partial charge in [0, 0.05) is 4.79 Å². The highest BCUT2D eigenvalue weighted by molar-refractivity contribution is 5.74. The quantitative estimate of drug-likeness (QED) is 0.485. The van der Waals surface area contributed by atoms with Crippen LogP contribution in [0, 0.1) is 5.53 Å². The highest BCUT2D eigenvalue weighted by Crippen LogP contribution is 2.13. The van der Waals surface area contributed by atoms with E-state index in [0.717, 1.165) is 16.9 Å². The van der Waals surface area contributed by atoms with Crippen LogP contribution in [-0.2, 0) is 6.61 Å². The smallest absolute Gasteiger partial charge is 0.337 e. The SMILES string of the molecule is N=[N+]=Cc1ccc(OCc2ccccc2)cc1. The first-order valence-electron chi connectivity index (χ1n) is 5.35. The number of ether oxygens (including phenoxy) is 1. The fraction of sp³-hybridized carbons (Fsp3) is 0.0714. The summed E-state index contributed by atoms with van der Waals surface area (Å²) >= 11 is 0. The lowest BCUT2D eigenvalue weighted by atomic mass is 10.2. The fourth-order valence-electron chi connectivity index (χ4n) is 1.47. The van der Waals surface area contributed by atoms with E-state index in [-0.39, 0.29) is 0 Å². The van der Waals surface area contributed by atoms with Gasteiger partial charge in [0.05, 0.1) is 11.1 Å². The van der Waals surface area contributed by atoms with Gasteiger partial charge in [0.2, 0.25) is 0 Å². The van der Waals surface area contributed by atoms with E-state index in [0.29, 0.717) is 6.61 Å². The van der Waals surface area contributed by atoms with Gasteiger partial charge in [0.1, 0.15) is 12.4 Å². The van der Waals surface area contributed by atoms with E-state index in [1.165, 1.54) is 6.21 Å². The van der Waals surface area contributed by atoms with E-state index >= 15 is 0 Å². The zero-order valence-electron chi connectivity index (χ0n) is 9.34. The molecule has 0 amide bonds. The number of hydrogen-bond donors (Lipinski definition) is 1. The summed E-state index contributed by atoms with van der Waals surface area (Å²) < 4.78 is 5.63. The molecule has 0 aliphatic carbocycles. The van der Waals surface area contributed by atoms with Gasteiger partial charge >= 0.3 is 6.21 Å². The topological polar surface area (TPSA) is 47.2 Å². The molecular formula is C14H13N2O+. The molecule has 1 N–H and O–H groups in total. The molecule has 0 spiro atoms. The highest BCUT2D eigenvalue weighted by Gasteiger charge is 1.97. The second-order valence-corrected chi connectivity index (χ2v) is 3.60. The average Bonchev–Trinajstić information content (AvgIpc) is 2.40. The van der Waals surface area contributed by atoms with Crippen molar-refractivity contribution in [3.05, 3.63) is 65.7 Å². The Labute approximate surface area is 99.9 Å². The molecule has 0 atom stereocenters. The molecule has 0 fully saturated rings. The molecule has 3 heteroatoms. The Hall–Kier alpha value is -2.38. The largest absolute Gasteiger partial charge is 0.489 e. The minimum Gasteiger partial charge on any atom is -0.489 e. The van der Waals surface area contributed by atoms with Crippen LogP contribution in [0.2, 0.25) is 0 Å². The second kappa shape index (κ2) is 5.64. The van der Waals surface area contributed by atoms with Crippen molar-refractivity contribution in [3.8, 4) is 5.75 Å². The molecule has 2 aromatic rings. The van der Waals surface area contributed by atoms with Crippen molar-refractivity contribution in [3.63, 3.8) is 0 Å². The summed E-state index contributed by atoms with van der Waals surface area (Å²) in [6.45, 7) is 0.562. The first kappa shape index (κ1) is 11.1. The third-order valence-corrected chi connectivity index (χ3v) is 2.34. The molecule has 0 saturated carbocycles. The minimum atomic E-state index is 0.562. The summed E-state index contributed by atoms with van der Waals surface area (Å²) in [6.07, 6.45) is 1.49. The van der Waals surface area contributed by atoms with Gasteiger partial charge in [-0.1, -0.05) is 30.3 Å². The van der Waals surface area contributed by atoms with Gasteiger partial charge in [-0.3, -0.25) is 0 Å². The Kier molecular flexibility index (Phi) is 3.68. The maximum Gasteiger partial charge on any atom is 0.337 e. The number of nitrogens with one attached hydrogen (secondary N) is 1. The lowest BCUT2D eigenvalue weighted by Gasteiger charge is -2.05. The van der Waals surface area contributed by atoms with Crippen LogP contribution >= 0.6 is 0 Å². The maximum atomic E-state index is 6.73. The average molecular weight is 225 g/mol. The summed E-state index contributed by atoms with van der Waals surface area (Å²) in [5.41, 5.74) is 8.76. The third kappa shape index (κ3) is 3.30. The first-order chi connectivity index (χ1) is 8.38. The fourth-order valence-corrected chi connectivity index (χ4v) is 1.47. The molecule has 0 aliphatic heterocycles. The molecule has 0 heterocycles. The van der Waals surface area contributed by atoms with Gasteiger partial charge in [0.15, 0.2) is 0 Å². The van der Waals surface area contributed by atoms with Crippen LogP contribution in [0.25, 0.3) is 0 Å². The molecule has 0 aliphatic rings. The van der Waals surface area contributed by atoms with Crippen LogP contribution in [0.4, 0.5) is 0 Å². The molecule has 0 radical (unpaired) electrons. The van der Waals surface area contributed by atoms with Gasteiger partial charge in [-0.15, -0.1) is 0 Å². The molecular weight excluding hydrogens is 212 g/mol. The zero-order valence-corrected chi connectivity index (χ0v) is 9.34. The number of benzene rings is 2. The molecule has 2 rings (SSSR count). The molecule has 84 valence electrons. The predicted molar refractivity (Wildman–Crippen MR) is 65.4 cm³/mol. The van der Waals surface area contributed by atoms with E-state index in [1.54, 1.807) is 0 Å². The van der Waals surface area contributed by atoms with Crippen molar-refractivity contribution in [1.82, 2.24) is 0 Å². The molecule has 0 aromatic heterocycles. The van der Waals surface area contributed by atoms with Gasteiger partial charge in [-0.25, -0.2) is 0 Å². The van der Waals surface area contributed by atoms with Crippen molar-refractivity contribution in [2.45, 2.75) is 6.61 Å². The third-order valence-electron chi connectivity index (χ3n) is 2.34. The number of rotatable bonds is 4. The predicted octanol–water partition coefficient (Wildman–Crippen LogP) is 2.92. The maximum absolute atomic E-state index is 6.73. The Morgan fingerprint density at radius 3 is 2.35 bits per heavy atom. The summed E-state index contributed by atoms with van der Waals surface area (Å²) in [6, 6.07) is 17.5. The minimum absolute atomic E-state index is 0.562. The Morgan fingerprint density at radius 1 is 1.00 bits per heavy atom. The first-order valence-corrected chi connectivity index (χ1v) is 5.35. The van der Waals surface area contributed by atoms with Gasteiger partial charge in [0.25, 0.3) is 0 Å². The van der Waals surface area contributed by atoms with E-state index in [9.17, 15) is 0 Å². The Balaban J connectivity index is 1.98. The summed E-state index contributed by atoms with van der Waals surface area (Å²) in [4.78, 5) is 3.21. The summed E-state index contributed by atoms with van der Waals surface area (Å²) in [5, 5.41) is 0. The normalized spacial score (nSPS) is 9.41. The Bertz CT molecular complexity index is 514. The van der Waals surface area contributed by atoms with Crippen molar-refractivity contribution in [2.24, 2.45) is 0 Å². The number of nitrogens with zero attached hydrogens (tertiary/aromatic N) is 1. The molecule has 0 bridgehead atoms. The standard InChI is InChI=1S/C14H13N2O/c15-16-10-12-6-8-14(9-7-12)17-11-13-4-2-1-3-5-13/h1-10,15H,11H2/q+1. The highest BCUT2D eigenvalue weighted by atomic mass is 16.5. The van der Waals surface area contributed by atoms with Crippen LogP contribution in [0.5, 0.6) is 5.75 Å². The van der Waals surface area contributed by atoms with Gasteiger partial charge < -0.3 is 4.74 Å². The Morgan fingerprint density at radius 2 is 1.71 bits per heavy atom. The van der Waals surface area contributed by atoms with Crippen molar-refractivity contribution in [1.29, 1.82) is 5.53 Å². The second-order valence-electron chi connectivity index (χ2n) is 3.60. The molecule has 3 nitrogen and oxygen atoms in total. The molecule has 2 aromatic carbocycles. The summed E-state index contributed by atoms with van der Waals surface area (Å²) in [5.74, 6) is 0.816. The lowest BCUT2D eigenvalue weighted by Crippen LogP contribution is -1.95. The zero-order chi connectivity index (χ0) is 11.9.